The van der Waals surface area contributed by atoms with Crippen molar-refractivity contribution in [3.8, 4) is 0 Å². The van der Waals surface area contributed by atoms with Crippen LogP contribution in [0.3, 0.4) is 0 Å². The molecule has 1 heterocycles. The highest BCUT2D eigenvalue weighted by Crippen LogP contribution is 2.18. The van der Waals surface area contributed by atoms with Gasteiger partial charge < -0.3 is 5.32 Å². The van der Waals surface area contributed by atoms with Crippen LogP contribution in [0.15, 0.2) is 47.2 Å². The molecule has 0 aliphatic carbocycles. The van der Waals surface area contributed by atoms with Crippen LogP contribution in [-0.4, -0.2) is 18.1 Å². The Morgan fingerprint density at radius 2 is 2.05 bits per heavy atom. The summed E-state index contributed by atoms with van der Waals surface area (Å²) in [6.07, 6.45) is 5.41. The Kier molecular flexibility index (Phi) is 5.05. The summed E-state index contributed by atoms with van der Waals surface area (Å²) in [5.74, 6) is -0.225. The largest absolute Gasteiger partial charge is 0.316 e. The van der Waals surface area contributed by atoms with Crippen molar-refractivity contribution in [2.75, 3.05) is 7.05 Å². The predicted molar refractivity (Wildman–Crippen MR) is 78.6 cm³/mol. The first kappa shape index (κ1) is 14.2. The second-order valence-electron chi connectivity index (χ2n) is 4.50. The van der Waals surface area contributed by atoms with E-state index in [2.05, 4.69) is 32.3 Å². The summed E-state index contributed by atoms with van der Waals surface area (Å²) in [7, 11) is 1.94. The van der Waals surface area contributed by atoms with Crippen LogP contribution in [0.4, 0.5) is 4.39 Å². The van der Waals surface area contributed by atoms with Gasteiger partial charge in [-0.1, -0.05) is 12.1 Å². The van der Waals surface area contributed by atoms with Crippen molar-refractivity contribution >= 4 is 15.9 Å². The van der Waals surface area contributed by atoms with Gasteiger partial charge in [0, 0.05) is 18.4 Å². The summed E-state index contributed by atoms with van der Waals surface area (Å²) >= 11 is 3.22. The number of pyridine rings is 1. The Labute approximate surface area is 121 Å². The minimum atomic E-state index is -0.225. The molecule has 100 valence electrons. The van der Waals surface area contributed by atoms with E-state index in [1.165, 1.54) is 11.6 Å². The van der Waals surface area contributed by atoms with Gasteiger partial charge in [0.05, 0.1) is 4.47 Å². The van der Waals surface area contributed by atoms with Crippen molar-refractivity contribution in [2.24, 2.45) is 0 Å². The Morgan fingerprint density at radius 3 is 2.68 bits per heavy atom. The van der Waals surface area contributed by atoms with Gasteiger partial charge >= 0.3 is 0 Å². The van der Waals surface area contributed by atoms with Crippen molar-refractivity contribution in [3.05, 3.63) is 64.1 Å². The highest BCUT2D eigenvalue weighted by molar-refractivity contribution is 9.10. The van der Waals surface area contributed by atoms with Crippen LogP contribution in [0.5, 0.6) is 0 Å². The van der Waals surface area contributed by atoms with E-state index in [-0.39, 0.29) is 5.82 Å². The molecule has 4 heteroatoms. The molecule has 2 nitrogen and oxygen atoms in total. The van der Waals surface area contributed by atoms with E-state index in [9.17, 15) is 4.39 Å². The maximum absolute atomic E-state index is 13.2. The van der Waals surface area contributed by atoms with Crippen LogP contribution >= 0.6 is 15.9 Å². The van der Waals surface area contributed by atoms with Gasteiger partial charge in [-0.15, -0.1) is 0 Å². The van der Waals surface area contributed by atoms with Gasteiger partial charge in [-0.05, 0) is 65.1 Å². The predicted octanol–water partition coefficient (Wildman–Crippen LogP) is 3.36. The van der Waals surface area contributed by atoms with E-state index < -0.39 is 0 Å². The SMILES string of the molecule is CNC(Cc1cccnc1)Cc1ccc(F)c(Br)c1. The van der Waals surface area contributed by atoms with Crippen LogP contribution in [-0.2, 0) is 12.8 Å². The molecule has 0 saturated heterocycles. The number of halogens is 2. The fourth-order valence-corrected chi connectivity index (χ4v) is 2.46. The second kappa shape index (κ2) is 6.78. The van der Waals surface area contributed by atoms with E-state index in [0.717, 1.165) is 18.4 Å². The van der Waals surface area contributed by atoms with Gasteiger partial charge in [0.1, 0.15) is 5.82 Å². The van der Waals surface area contributed by atoms with Gasteiger partial charge in [0.15, 0.2) is 0 Å². The Morgan fingerprint density at radius 1 is 1.26 bits per heavy atom. The molecule has 0 aliphatic rings. The number of hydrogen-bond donors (Lipinski definition) is 1. The van der Waals surface area contributed by atoms with E-state index in [1.54, 1.807) is 6.20 Å². The highest BCUT2D eigenvalue weighted by atomic mass is 79.9. The number of nitrogens with one attached hydrogen (secondary N) is 1. The van der Waals surface area contributed by atoms with Crippen molar-refractivity contribution in [2.45, 2.75) is 18.9 Å². The highest BCUT2D eigenvalue weighted by Gasteiger charge is 2.10. The van der Waals surface area contributed by atoms with Crippen LogP contribution in [0.2, 0.25) is 0 Å². The first-order valence-electron chi connectivity index (χ1n) is 6.19. The average Bonchev–Trinajstić information content (AvgIpc) is 2.43. The third kappa shape index (κ3) is 4.11. The molecule has 0 saturated carbocycles. The van der Waals surface area contributed by atoms with Crippen LogP contribution in [0.25, 0.3) is 0 Å². The summed E-state index contributed by atoms with van der Waals surface area (Å²) in [5.41, 5.74) is 2.31. The van der Waals surface area contributed by atoms with Crippen molar-refractivity contribution in [1.29, 1.82) is 0 Å². The summed E-state index contributed by atoms with van der Waals surface area (Å²) in [6.45, 7) is 0. The third-order valence-electron chi connectivity index (χ3n) is 3.08. The summed E-state index contributed by atoms with van der Waals surface area (Å²) in [5, 5.41) is 3.30. The third-order valence-corrected chi connectivity index (χ3v) is 3.69. The average molecular weight is 323 g/mol. The van der Waals surface area contributed by atoms with Gasteiger partial charge in [-0.3, -0.25) is 4.98 Å². The van der Waals surface area contributed by atoms with Crippen molar-refractivity contribution in [1.82, 2.24) is 10.3 Å². The number of aromatic nitrogens is 1. The molecular formula is C15H16BrFN2. The molecule has 0 amide bonds. The zero-order valence-electron chi connectivity index (χ0n) is 10.7. The number of likely N-dealkylation sites (N-methyl/N-ethyl adjacent to an activating group) is 1. The minimum absolute atomic E-state index is 0.225. The maximum Gasteiger partial charge on any atom is 0.137 e. The first-order chi connectivity index (χ1) is 9.19. The lowest BCUT2D eigenvalue weighted by Gasteiger charge is -2.16. The molecule has 1 unspecified atom stereocenters. The number of nitrogens with zero attached hydrogens (tertiary/aromatic N) is 1. The van der Waals surface area contributed by atoms with Gasteiger partial charge in [-0.2, -0.15) is 0 Å². The Hall–Kier alpha value is -1.26. The summed E-state index contributed by atoms with van der Waals surface area (Å²) in [6, 6.07) is 9.47. The molecule has 0 bridgehead atoms. The van der Waals surface area contributed by atoms with Crippen LogP contribution in [0.1, 0.15) is 11.1 Å². The maximum atomic E-state index is 13.2. The first-order valence-corrected chi connectivity index (χ1v) is 6.98. The lowest BCUT2D eigenvalue weighted by atomic mass is 10.00. The number of rotatable bonds is 5. The molecule has 1 N–H and O–H groups in total. The van der Waals surface area contributed by atoms with E-state index in [1.807, 2.05) is 31.4 Å². The minimum Gasteiger partial charge on any atom is -0.316 e. The topological polar surface area (TPSA) is 24.9 Å². The molecule has 2 aromatic rings. The fourth-order valence-electron chi connectivity index (χ4n) is 2.03. The normalized spacial score (nSPS) is 12.4. The monoisotopic (exact) mass is 322 g/mol. The quantitative estimate of drug-likeness (QED) is 0.913. The van der Waals surface area contributed by atoms with Crippen LogP contribution in [0, 0.1) is 5.82 Å². The number of benzene rings is 1. The zero-order chi connectivity index (χ0) is 13.7. The van der Waals surface area contributed by atoms with Crippen molar-refractivity contribution < 1.29 is 4.39 Å². The van der Waals surface area contributed by atoms with Gasteiger partial charge in [0.2, 0.25) is 0 Å². The molecule has 1 atom stereocenters. The van der Waals surface area contributed by atoms with Gasteiger partial charge in [-0.25, -0.2) is 4.39 Å². The molecule has 0 aliphatic heterocycles. The van der Waals surface area contributed by atoms with Crippen molar-refractivity contribution in [3.63, 3.8) is 0 Å². The van der Waals surface area contributed by atoms with Crippen LogP contribution < -0.4 is 5.32 Å². The molecule has 1 aromatic heterocycles. The van der Waals surface area contributed by atoms with E-state index in [4.69, 9.17) is 0 Å². The Bertz CT molecular complexity index is 531. The molecule has 1 aromatic carbocycles. The molecule has 0 fully saturated rings. The van der Waals surface area contributed by atoms with E-state index >= 15 is 0 Å². The summed E-state index contributed by atoms with van der Waals surface area (Å²) in [4.78, 5) is 4.12. The Balaban J connectivity index is 2.04. The molecule has 2 rings (SSSR count). The van der Waals surface area contributed by atoms with Gasteiger partial charge in [0.25, 0.3) is 0 Å². The molecular weight excluding hydrogens is 307 g/mol. The van der Waals surface area contributed by atoms with E-state index in [0.29, 0.717) is 10.5 Å². The molecule has 0 spiro atoms. The standard InChI is InChI=1S/C15H16BrFN2/c1-18-13(8-12-3-2-6-19-10-12)7-11-4-5-15(17)14(16)9-11/h2-6,9-10,13,18H,7-8H2,1H3. The smallest absolute Gasteiger partial charge is 0.137 e. The fraction of sp³-hybridized carbons (Fsp3) is 0.267. The summed E-state index contributed by atoms with van der Waals surface area (Å²) < 4.78 is 13.7. The lowest BCUT2D eigenvalue weighted by Crippen LogP contribution is -2.29. The zero-order valence-corrected chi connectivity index (χ0v) is 12.3. The second-order valence-corrected chi connectivity index (χ2v) is 5.36. The number of hydrogen-bond acceptors (Lipinski definition) is 2. The molecule has 19 heavy (non-hydrogen) atoms. The lowest BCUT2D eigenvalue weighted by molar-refractivity contribution is 0.554. The molecule has 0 radical (unpaired) electrons.